The Hall–Kier alpha value is -0.840. The van der Waals surface area contributed by atoms with Gasteiger partial charge in [0, 0.05) is 12.6 Å². The molecule has 4 nitrogen and oxygen atoms in total. The Balaban J connectivity index is 1.68. The first kappa shape index (κ1) is 14.1. The minimum absolute atomic E-state index is 0.00787. The monoisotopic (exact) mass is 339 g/mol. The van der Waals surface area contributed by atoms with Crippen LogP contribution in [0.25, 0.3) is 0 Å². The number of rotatable bonds is 4. The molecule has 5 heteroatoms. The number of fused-ring (bicyclic) bond motifs is 2. The quantitative estimate of drug-likeness (QED) is 0.915. The van der Waals surface area contributed by atoms with Crippen LogP contribution in [0.5, 0.6) is 0 Å². The third-order valence-corrected chi connectivity index (χ3v) is 5.68. The number of carbonyl (C=O) groups excluding carboxylic acids is 1. The van der Waals surface area contributed by atoms with Gasteiger partial charge in [0.1, 0.15) is 5.69 Å². The molecule has 3 rings (SSSR count). The summed E-state index contributed by atoms with van der Waals surface area (Å²) in [6.45, 7) is 4.86. The molecule has 20 heavy (non-hydrogen) atoms. The Labute approximate surface area is 128 Å². The summed E-state index contributed by atoms with van der Waals surface area (Å²) in [5, 5.41) is 7.40. The summed E-state index contributed by atoms with van der Waals surface area (Å²) >= 11 is 3.42. The second-order valence-corrected chi connectivity index (χ2v) is 7.11. The van der Waals surface area contributed by atoms with Crippen molar-refractivity contribution in [3.8, 4) is 0 Å². The Bertz CT molecular complexity index is 513. The molecule has 1 amide bonds. The summed E-state index contributed by atoms with van der Waals surface area (Å²) in [5.74, 6) is 2.40. The van der Waals surface area contributed by atoms with Crippen molar-refractivity contribution in [3.05, 3.63) is 16.4 Å². The van der Waals surface area contributed by atoms with Crippen LogP contribution in [0.4, 0.5) is 0 Å². The average molecular weight is 340 g/mol. The summed E-state index contributed by atoms with van der Waals surface area (Å²) < 4.78 is 2.52. The van der Waals surface area contributed by atoms with Crippen molar-refractivity contribution in [1.29, 1.82) is 0 Å². The molecule has 2 bridgehead atoms. The fourth-order valence-corrected chi connectivity index (χ4v) is 4.59. The van der Waals surface area contributed by atoms with E-state index in [4.69, 9.17) is 0 Å². The molecule has 1 aromatic rings. The van der Waals surface area contributed by atoms with Crippen molar-refractivity contribution in [2.45, 2.75) is 52.1 Å². The molecule has 0 unspecified atom stereocenters. The lowest BCUT2D eigenvalue weighted by atomic mass is 9.84. The number of amides is 1. The highest BCUT2D eigenvalue weighted by atomic mass is 79.9. The lowest BCUT2D eigenvalue weighted by Crippen LogP contribution is -2.41. The van der Waals surface area contributed by atoms with Crippen molar-refractivity contribution in [1.82, 2.24) is 15.1 Å². The lowest BCUT2D eigenvalue weighted by Gasteiger charge is -2.28. The Morgan fingerprint density at radius 3 is 2.95 bits per heavy atom. The van der Waals surface area contributed by atoms with Crippen molar-refractivity contribution >= 4 is 21.8 Å². The number of hydrogen-bond acceptors (Lipinski definition) is 2. The number of nitrogens with zero attached hydrogens (tertiary/aromatic N) is 2. The molecule has 0 radical (unpaired) electrons. The van der Waals surface area contributed by atoms with Gasteiger partial charge in [-0.2, -0.15) is 5.10 Å². The molecular formula is C15H22BrN3O. The number of halogens is 1. The SMILES string of the molecule is CCn1ncc(Br)c1C(=O)N[C@H](C)[C@@H]1C[C@@H]2CC[C@@H]1C2. The van der Waals surface area contributed by atoms with Crippen LogP contribution in [0.3, 0.4) is 0 Å². The molecule has 0 aromatic carbocycles. The maximum atomic E-state index is 12.5. The van der Waals surface area contributed by atoms with Crippen molar-refractivity contribution in [3.63, 3.8) is 0 Å². The van der Waals surface area contributed by atoms with Gasteiger partial charge in [0.25, 0.3) is 5.91 Å². The molecule has 110 valence electrons. The zero-order valence-electron chi connectivity index (χ0n) is 12.1. The summed E-state index contributed by atoms with van der Waals surface area (Å²) in [6.07, 6.45) is 7.12. The molecule has 0 aliphatic heterocycles. The molecule has 1 heterocycles. The molecule has 1 aromatic heterocycles. The summed E-state index contributed by atoms with van der Waals surface area (Å²) in [4.78, 5) is 12.5. The standard InChI is InChI=1S/C15H22BrN3O/c1-3-19-14(13(16)8-17-19)15(20)18-9(2)12-7-10-4-5-11(12)6-10/h8-12H,3-7H2,1-2H3,(H,18,20)/t9-,10-,11-,12+/m1/s1. The number of aromatic nitrogens is 2. The van der Waals surface area contributed by atoms with Crippen LogP contribution in [0, 0.1) is 17.8 Å². The second-order valence-electron chi connectivity index (χ2n) is 6.26. The predicted octanol–water partition coefficient (Wildman–Crippen LogP) is 3.22. The maximum Gasteiger partial charge on any atom is 0.270 e. The smallest absolute Gasteiger partial charge is 0.270 e. The zero-order chi connectivity index (χ0) is 14.3. The molecule has 2 fully saturated rings. The van der Waals surface area contributed by atoms with Crippen LogP contribution in [-0.4, -0.2) is 21.7 Å². The maximum absolute atomic E-state index is 12.5. The highest BCUT2D eigenvalue weighted by Gasteiger charge is 2.42. The predicted molar refractivity (Wildman–Crippen MR) is 81.5 cm³/mol. The first-order valence-corrected chi connectivity index (χ1v) is 8.41. The highest BCUT2D eigenvalue weighted by Crippen LogP contribution is 2.49. The van der Waals surface area contributed by atoms with E-state index in [2.05, 4.69) is 33.3 Å². The van der Waals surface area contributed by atoms with Gasteiger partial charge in [0.2, 0.25) is 0 Å². The van der Waals surface area contributed by atoms with E-state index in [1.54, 1.807) is 10.9 Å². The fraction of sp³-hybridized carbons (Fsp3) is 0.733. The van der Waals surface area contributed by atoms with Gasteiger partial charge in [-0.1, -0.05) is 6.42 Å². The van der Waals surface area contributed by atoms with E-state index in [0.29, 0.717) is 18.2 Å². The molecule has 0 saturated heterocycles. The third-order valence-electron chi connectivity index (χ3n) is 5.10. The van der Waals surface area contributed by atoms with Gasteiger partial charge in [0.15, 0.2) is 0 Å². The third kappa shape index (κ3) is 2.41. The van der Waals surface area contributed by atoms with Crippen molar-refractivity contribution in [2.24, 2.45) is 17.8 Å². The Kier molecular flexibility index (Phi) is 3.89. The molecule has 4 atom stereocenters. The molecule has 2 saturated carbocycles. The molecular weight excluding hydrogens is 318 g/mol. The number of nitrogens with one attached hydrogen (secondary N) is 1. The summed E-state index contributed by atoms with van der Waals surface area (Å²) in [5.41, 5.74) is 0.641. The molecule has 0 spiro atoms. The molecule has 2 aliphatic carbocycles. The van der Waals surface area contributed by atoms with E-state index in [0.717, 1.165) is 16.3 Å². The van der Waals surface area contributed by atoms with E-state index in [1.165, 1.54) is 25.7 Å². The average Bonchev–Trinajstić information content (AvgIpc) is 3.12. The number of aryl methyl sites for hydroxylation is 1. The largest absolute Gasteiger partial charge is 0.348 e. The van der Waals surface area contributed by atoms with Gasteiger partial charge in [-0.3, -0.25) is 9.48 Å². The van der Waals surface area contributed by atoms with Crippen LogP contribution in [-0.2, 0) is 6.54 Å². The van der Waals surface area contributed by atoms with Crippen LogP contribution in [0.2, 0.25) is 0 Å². The van der Waals surface area contributed by atoms with Gasteiger partial charge in [-0.05, 0) is 66.8 Å². The van der Waals surface area contributed by atoms with Gasteiger partial charge < -0.3 is 5.32 Å². The van der Waals surface area contributed by atoms with Gasteiger partial charge in [0.05, 0.1) is 10.7 Å². The van der Waals surface area contributed by atoms with Crippen LogP contribution >= 0.6 is 15.9 Å². The first-order chi connectivity index (χ1) is 9.60. The summed E-state index contributed by atoms with van der Waals surface area (Å²) in [6, 6.07) is 0.255. The minimum Gasteiger partial charge on any atom is -0.348 e. The van der Waals surface area contributed by atoms with E-state index < -0.39 is 0 Å². The zero-order valence-corrected chi connectivity index (χ0v) is 13.7. The minimum atomic E-state index is -0.00787. The fourth-order valence-electron chi connectivity index (χ4n) is 4.12. The van der Waals surface area contributed by atoms with Crippen LogP contribution in [0.15, 0.2) is 10.7 Å². The van der Waals surface area contributed by atoms with Crippen molar-refractivity contribution < 1.29 is 4.79 Å². The number of hydrogen-bond donors (Lipinski definition) is 1. The van der Waals surface area contributed by atoms with Gasteiger partial charge in [-0.25, -0.2) is 0 Å². The lowest BCUT2D eigenvalue weighted by molar-refractivity contribution is 0.0903. The van der Waals surface area contributed by atoms with E-state index in [9.17, 15) is 4.79 Å². The normalized spacial score (nSPS) is 29.6. The molecule has 1 N–H and O–H groups in total. The van der Waals surface area contributed by atoms with Crippen LogP contribution < -0.4 is 5.32 Å². The van der Waals surface area contributed by atoms with Gasteiger partial charge >= 0.3 is 0 Å². The van der Waals surface area contributed by atoms with Crippen LogP contribution in [0.1, 0.15) is 50.0 Å². The summed E-state index contributed by atoms with van der Waals surface area (Å²) in [7, 11) is 0. The second kappa shape index (κ2) is 5.51. The van der Waals surface area contributed by atoms with Crippen molar-refractivity contribution in [2.75, 3.05) is 0 Å². The molecule has 2 aliphatic rings. The van der Waals surface area contributed by atoms with E-state index in [1.807, 2.05) is 6.92 Å². The Morgan fingerprint density at radius 2 is 2.35 bits per heavy atom. The topological polar surface area (TPSA) is 46.9 Å². The first-order valence-electron chi connectivity index (χ1n) is 7.62. The highest BCUT2D eigenvalue weighted by molar-refractivity contribution is 9.10. The number of carbonyl (C=O) groups is 1. The van der Waals surface area contributed by atoms with E-state index in [-0.39, 0.29) is 11.9 Å². The Morgan fingerprint density at radius 1 is 1.55 bits per heavy atom. The van der Waals surface area contributed by atoms with Gasteiger partial charge in [-0.15, -0.1) is 0 Å². The van der Waals surface area contributed by atoms with E-state index >= 15 is 0 Å².